The number of halogens is 1. The summed E-state index contributed by atoms with van der Waals surface area (Å²) < 4.78 is 1.81. The van der Waals surface area contributed by atoms with Gasteiger partial charge in [0.1, 0.15) is 6.61 Å². The Morgan fingerprint density at radius 2 is 2.06 bits per heavy atom. The van der Waals surface area contributed by atoms with Gasteiger partial charge >= 0.3 is 0 Å². The van der Waals surface area contributed by atoms with Crippen molar-refractivity contribution in [2.45, 2.75) is 13.5 Å². The Kier molecular flexibility index (Phi) is 4.03. The van der Waals surface area contributed by atoms with E-state index in [1.165, 1.54) is 0 Å². The smallest absolute Gasteiger partial charge is 0.104 e. The summed E-state index contributed by atoms with van der Waals surface area (Å²) in [6, 6.07) is 7.84. The van der Waals surface area contributed by atoms with Gasteiger partial charge in [0.05, 0.1) is 17.3 Å². The Labute approximate surface area is 111 Å². The zero-order chi connectivity index (χ0) is 13.0. The molecule has 0 atom stereocenters. The van der Waals surface area contributed by atoms with E-state index in [1.807, 2.05) is 42.1 Å². The molecule has 1 aromatic heterocycles. The molecule has 3 nitrogen and oxygen atoms in total. The van der Waals surface area contributed by atoms with Gasteiger partial charge in [0.2, 0.25) is 0 Å². The van der Waals surface area contributed by atoms with Gasteiger partial charge in [-0.3, -0.25) is 4.68 Å². The standard InChI is InChI=1S/C14H13ClN2O/c1-11-14(15)10-17(16-11)9-13-6-4-12(5-7-13)3-2-8-18/h4-7,10,18H,8-9H2,1H3. The average molecular weight is 261 g/mol. The van der Waals surface area contributed by atoms with E-state index in [0.29, 0.717) is 11.6 Å². The van der Waals surface area contributed by atoms with Crippen LogP contribution < -0.4 is 0 Å². The van der Waals surface area contributed by atoms with Crippen molar-refractivity contribution < 1.29 is 5.11 Å². The second-order valence-electron chi connectivity index (χ2n) is 3.92. The van der Waals surface area contributed by atoms with E-state index in [1.54, 1.807) is 0 Å². The molecular formula is C14H13ClN2O. The molecule has 1 heterocycles. The van der Waals surface area contributed by atoms with Crippen molar-refractivity contribution in [1.82, 2.24) is 9.78 Å². The number of nitrogens with zero attached hydrogens (tertiary/aromatic N) is 2. The molecule has 4 heteroatoms. The molecule has 0 saturated carbocycles. The van der Waals surface area contributed by atoms with Gasteiger partial charge in [0, 0.05) is 11.8 Å². The van der Waals surface area contributed by atoms with E-state index in [2.05, 4.69) is 16.9 Å². The Morgan fingerprint density at radius 3 is 2.61 bits per heavy atom. The van der Waals surface area contributed by atoms with Gasteiger partial charge in [0.25, 0.3) is 0 Å². The zero-order valence-corrected chi connectivity index (χ0v) is 10.8. The van der Waals surface area contributed by atoms with E-state index in [4.69, 9.17) is 16.7 Å². The zero-order valence-electron chi connectivity index (χ0n) is 10.0. The maximum absolute atomic E-state index is 8.61. The third-order valence-corrected chi connectivity index (χ3v) is 2.87. The molecule has 1 N–H and O–H groups in total. The number of hydrogen-bond donors (Lipinski definition) is 1. The SMILES string of the molecule is Cc1nn(Cc2ccc(C#CCO)cc2)cc1Cl. The number of aryl methyl sites for hydroxylation is 1. The second kappa shape index (κ2) is 5.72. The minimum Gasteiger partial charge on any atom is -0.384 e. The number of rotatable bonds is 2. The highest BCUT2D eigenvalue weighted by molar-refractivity contribution is 6.31. The summed E-state index contributed by atoms with van der Waals surface area (Å²) in [6.45, 7) is 2.44. The van der Waals surface area contributed by atoms with Gasteiger partial charge < -0.3 is 5.11 Å². The summed E-state index contributed by atoms with van der Waals surface area (Å²) in [6.07, 6.45) is 1.82. The van der Waals surface area contributed by atoms with Crippen molar-refractivity contribution in [3.8, 4) is 11.8 Å². The van der Waals surface area contributed by atoms with E-state index in [-0.39, 0.29) is 6.61 Å². The van der Waals surface area contributed by atoms with E-state index >= 15 is 0 Å². The Hall–Kier alpha value is -1.76. The normalized spacial score (nSPS) is 9.94. The van der Waals surface area contributed by atoms with Crippen LogP contribution in [-0.4, -0.2) is 21.5 Å². The monoisotopic (exact) mass is 260 g/mol. The van der Waals surface area contributed by atoms with Gasteiger partial charge in [-0.15, -0.1) is 0 Å². The molecule has 0 aliphatic rings. The van der Waals surface area contributed by atoms with Crippen molar-refractivity contribution in [3.63, 3.8) is 0 Å². The van der Waals surface area contributed by atoms with E-state index < -0.39 is 0 Å². The molecular weight excluding hydrogens is 248 g/mol. The average Bonchev–Trinajstić information content (AvgIpc) is 2.67. The molecule has 92 valence electrons. The van der Waals surface area contributed by atoms with Crippen LogP contribution in [0.2, 0.25) is 5.02 Å². The summed E-state index contributed by atoms with van der Waals surface area (Å²) in [4.78, 5) is 0. The van der Waals surface area contributed by atoms with Crippen LogP contribution in [0.4, 0.5) is 0 Å². The maximum Gasteiger partial charge on any atom is 0.104 e. The molecule has 0 aliphatic carbocycles. The molecule has 0 saturated heterocycles. The van der Waals surface area contributed by atoms with Crippen molar-refractivity contribution in [1.29, 1.82) is 0 Å². The number of hydrogen-bond acceptors (Lipinski definition) is 2. The highest BCUT2D eigenvalue weighted by Crippen LogP contribution is 2.13. The molecule has 0 spiro atoms. The number of benzene rings is 1. The van der Waals surface area contributed by atoms with Crippen molar-refractivity contribution in [2.75, 3.05) is 6.61 Å². The lowest BCUT2D eigenvalue weighted by Gasteiger charge is -2.01. The fraction of sp³-hybridized carbons (Fsp3) is 0.214. The first-order chi connectivity index (χ1) is 8.69. The molecule has 0 radical (unpaired) electrons. The van der Waals surface area contributed by atoms with Crippen LogP contribution in [0, 0.1) is 18.8 Å². The first-order valence-corrected chi connectivity index (χ1v) is 5.95. The maximum atomic E-state index is 8.61. The fourth-order valence-electron chi connectivity index (χ4n) is 1.60. The first-order valence-electron chi connectivity index (χ1n) is 5.57. The van der Waals surface area contributed by atoms with Crippen molar-refractivity contribution >= 4 is 11.6 Å². The van der Waals surface area contributed by atoms with Crippen LogP contribution in [-0.2, 0) is 6.54 Å². The van der Waals surface area contributed by atoms with Crippen LogP contribution in [0.15, 0.2) is 30.5 Å². The second-order valence-corrected chi connectivity index (χ2v) is 4.32. The molecule has 1 aromatic carbocycles. The van der Waals surface area contributed by atoms with E-state index in [0.717, 1.165) is 16.8 Å². The summed E-state index contributed by atoms with van der Waals surface area (Å²) >= 11 is 5.95. The first kappa shape index (κ1) is 12.7. The molecule has 0 bridgehead atoms. The minimum absolute atomic E-state index is 0.118. The molecule has 0 aliphatic heterocycles. The number of aliphatic hydroxyl groups is 1. The predicted molar refractivity (Wildman–Crippen MR) is 71.5 cm³/mol. The highest BCUT2D eigenvalue weighted by Gasteiger charge is 2.02. The molecule has 2 rings (SSSR count). The van der Waals surface area contributed by atoms with Gasteiger partial charge in [0.15, 0.2) is 0 Å². The Balaban J connectivity index is 2.10. The molecule has 0 fully saturated rings. The van der Waals surface area contributed by atoms with Gasteiger partial charge in [-0.25, -0.2) is 0 Å². The number of aromatic nitrogens is 2. The van der Waals surface area contributed by atoms with Gasteiger partial charge in [-0.1, -0.05) is 35.6 Å². The summed E-state index contributed by atoms with van der Waals surface area (Å²) in [5.74, 6) is 5.47. The third-order valence-electron chi connectivity index (χ3n) is 2.50. The fourth-order valence-corrected chi connectivity index (χ4v) is 1.75. The van der Waals surface area contributed by atoms with Crippen LogP contribution in [0.25, 0.3) is 0 Å². The third kappa shape index (κ3) is 3.13. The van der Waals surface area contributed by atoms with Gasteiger partial charge in [-0.05, 0) is 24.6 Å². The lowest BCUT2D eigenvalue weighted by atomic mass is 10.1. The van der Waals surface area contributed by atoms with Crippen LogP contribution in [0.3, 0.4) is 0 Å². The van der Waals surface area contributed by atoms with Crippen molar-refractivity contribution in [3.05, 3.63) is 52.3 Å². The van der Waals surface area contributed by atoms with Crippen molar-refractivity contribution in [2.24, 2.45) is 0 Å². The summed E-state index contributed by atoms with van der Waals surface area (Å²) in [5, 5.41) is 13.6. The van der Waals surface area contributed by atoms with E-state index in [9.17, 15) is 0 Å². The molecule has 18 heavy (non-hydrogen) atoms. The van der Waals surface area contributed by atoms with Crippen LogP contribution >= 0.6 is 11.6 Å². The highest BCUT2D eigenvalue weighted by atomic mass is 35.5. The molecule has 0 amide bonds. The summed E-state index contributed by atoms with van der Waals surface area (Å²) in [7, 11) is 0. The summed E-state index contributed by atoms with van der Waals surface area (Å²) in [5.41, 5.74) is 2.85. The lowest BCUT2D eigenvalue weighted by molar-refractivity contribution is 0.350. The van der Waals surface area contributed by atoms with Crippen LogP contribution in [0.1, 0.15) is 16.8 Å². The Morgan fingerprint density at radius 1 is 1.33 bits per heavy atom. The Bertz CT molecular complexity index is 571. The quantitative estimate of drug-likeness (QED) is 0.841. The predicted octanol–water partition coefficient (Wildman–Crippen LogP) is 2.24. The van der Waals surface area contributed by atoms with Gasteiger partial charge in [-0.2, -0.15) is 5.10 Å². The number of aliphatic hydroxyl groups excluding tert-OH is 1. The minimum atomic E-state index is -0.118. The van der Waals surface area contributed by atoms with Crippen LogP contribution in [0.5, 0.6) is 0 Å². The topological polar surface area (TPSA) is 38.0 Å². The largest absolute Gasteiger partial charge is 0.384 e. The molecule has 2 aromatic rings. The lowest BCUT2D eigenvalue weighted by Crippen LogP contribution is -2.00. The molecule has 0 unspecified atom stereocenters.